The van der Waals surface area contributed by atoms with Crippen molar-refractivity contribution < 1.29 is 0 Å². The summed E-state index contributed by atoms with van der Waals surface area (Å²) in [5, 5.41) is 3.37. The summed E-state index contributed by atoms with van der Waals surface area (Å²) in [6.45, 7) is 5.41. The smallest absolute Gasteiger partial charge is 0.125 e. The maximum atomic E-state index is 4.46. The second-order valence-electron chi connectivity index (χ2n) is 4.26. The van der Waals surface area contributed by atoms with Crippen molar-refractivity contribution in [3.63, 3.8) is 0 Å². The van der Waals surface area contributed by atoms with Gasteiger partial charge in [0.2, 0.25) is 0 Å². The van der Waals surface area contributed by atoms with Gasteiger partial charge in [0.15, 0.2) is 0 Å². The standard InChI is InChI=1S/C13H25N3/c1-4-6-7-8-9-12(14-3)13-15-10-11-16(13)5-2/h10-12,14H,4-9H2,1-3H3. The van der Waals surface area contributed by atoms with Crippen LogP contribution in [0.2, 0.25) is 0 Å². The van der Waals surface area contributed by atoms with Crippen LogP contribution in [0.4, 0.5) is 0 Å². The number of imidazole rings is 1. The highest BCUT2D eigenvalue weighted by Gasteiger charge is 2.13. The van der Waals surface area contributed by atoms with E-state index < -0.39 is 0 Å². The first-order valence-electron chi connectivity index (χ1n) is 6.51. The molecule has 0 aromatic carbocycles. The van der Waals surface area contributed by atoms with E-state index in [2.05, 4.69) is 34.9 Å². The second-order valence-corrected chi connectivity index (χ2v) is 4.26. The maximum absolute atomic E-state index is 4.46. The van der Waals surface area contributed by atoms with Crippen LogP contribution in [-0.2, 0) is 6.54 Å². The lowest BCUT2D eigenvalue weighted by Crippen LogP contribution is -2.20. The molecule has 0 bridgehead atoms. The fourth-order valence-electron chi connectivity index (χ4n) is 2.08. The normalized spacial score (nSPS) is 12.9. The molecule has 92 valence electrons. The van der Waals surface area contributed by atoms with Crippen LogP contribution in [0.5, 0.6) is 0 Å². The monoisotopic (exact) mass is 223 g/mol. The number of nitrogens with one attached hydrogen (secondary N) is 1. The van der Waals surface area contributed by atoms with E-state index in [1.54, 1.807) is 0 Å². The Morgan fingerprint density at radius 2 is 2.12 bits per heavy atom. The van der Waals surface area contributed by atoms with E-state index in [4.69, 9.17) is 0 Å². The Balaban J connectivity index is 2.47. The number of hydrogen-bond acceptors (Lipinski definition) is 2. The van der Waals surface area contributed by atoms with Gasteiger partial charge in [0.05, 0.1) is 6.04 Å². The molecule has 0 saturated heterocycles. The molecule has 1 rings (SSSR count). The van der Waals surface area contributed by atoms with Gasteiger partial charge in [-0.3, -0.25) is 0 Å². The minimum atomic E-state index is 0.409. The van der Waals surface area contributed by atoms with Gasteiger partial charge < -0.3 is 9.88 Å². The van der Waals surface area contributed by atoms with Crippen LogP contribution in [0.25, 0.3) is 0 Å². The van der Waals surface area contributed by atoms with Crippen molar-refractivity contribution in [3.05, 3.63) is 18.2 Å². The van der Waals surface area contributed by atoms with E-state index in [9.17, 15) is 0 Å². The van der Waals surface area contributed by atoms with Gasteiger partial charge in [0, 0.05) is 18.9 Å². The van der Waals surface area contributed by atoms with Gasteiger partial charge in [-0.15, -0.1) is 0 Å². The average Bonchev–Trinajstić information content (AvgIpc) is 2.77. The first kappa shape index (κ1) is 13.2. The predicted molar refractivity (Wildman–Crippen MR) is 68.5 cm³/mol. The van der Waals surface area contributed by atoms with Crippen LogP contribution in [0, 0.1) is 0 Å². The molecule has 0 aliphatic rings. The molecule has 0 aliphatic heterocycles. The summed E-state index contributed by atoms with van der Waals surface area (Å²) in [5.41, 5.74) is 0. The highest BCUT2D eigenvalue weighted by atomic mass is 15.1. The number of aryl methyl sites for hydroxylation is 1. The summed E-state index contributed by atoms with van der Waals surface area (Å²) in [5.74, 6) is 1.18. The molecule has 1 heterocycles. The molecule has 0 radical (unpaired) electrons. The van der Waals surface area contributed by atoms with Gasteiger partial charge in [0.1, 0.15) is 5.82 Å². The van der Waals surface area contributed by atoms with Crippen LogP contribution in [-0.4, -0.2) is 16.6 Å². The molecule has 0 amide bonds. The molecule has 3 nitrogen and oxygen atoms in total. The Labute approximate surface area is 99.3 Å². The third-order valence-electron chi connectivity index (χ3n) is 3.09. The quantitative estimate of drug-likeness (QED) is 0.686. The minimum absolute atomic E-state index is 0.409. The Morgan fingerprint density at radius 3 is 2.75 bits per heavy atom. The number of nitrogens with zero attached hydrogens (tertiary/aromatic N) is 2. The van der Waals surface area contributed by atoms with Gasteiger partial charge in [-0.2, -0.15) is 0 Å². The van der Waals surface area contributed by atoms with Crippen molar-refractivity contribution in [2.45, 2.75) is 58.5 Å². The van der Waals surface area contributed by atoms with Crippen molar-refractivity contribution in [2.75, 3.05) is 7.05 Å². The maximum Gasteiger partial charge on any atom is 0.125 e. The summed E-state index contributed by atoms with van der Waals surface area (Å²) in [6, 6.07) is 0.409. The first-order valence-corrected chi connectivity index (χ1v) is 6.51. The molecule has 0 spiro atoms. The van der Waals surface area contributed by atoms with Crippen LogP contribution >= 0.6 is 0 Å². The SMILES string of the molecule is CCCCCCC(NC)c1nccn1CC. The van der Waals surface area contributed by atoms with Crippen molar-refractivity contribution >= 4 is 0 Å². The van der Waals surface area contributed by atoms with Gasteiger partial charge in [0.25, 0.3) is 0 Å². The lowest BCUT2D eigenvalue weighted by atomic mass is 10.1. The number of rotatable bonds is 8. The molecule has 0 saturated carbocycles. The van der Waals surface area contributed by atoms with E-state index in [1.807, 2.05) is 13.2 Å². The zero-order valence-electron chi connectivity index (χ0n) is 10.9. The summed E-state index contributed by atoms with van der Waals surface area (Å²) >= 11 is 0. The van der Waals surface area contributed by atoms with Crippen molar-refractivity contribution in [2.24, 2.45) is 0 Å². The zero-order valence-corrected chi connectivity index (χ0v) is 10.9. The van der Waals surface area contributed by atoms with E-state index in [0.717, 1.165) is 6.54 Å². The summed E-state index contributed by atoms with van der Waals surface area (Å²) in [6.07, 6.45) is 10.4. The van der Waals surface area contributed by atoms with E-state index in [-0.39, 0.29) is 0 Å². The number of aromatic nitrogens is 2. The van der Waals surface area contributed by atoms with E-state index >= 15 is 0 Å². The zero-order chi connectivity index (χ0) is 11.8. The molecule has 1 atom stereocenters. The van der Waals surface area contributed by atoms with Crippen molar-refractivity contribution in [1.82, 2.24) is 14.9 Å². The molecule has 1 N–H and O–H groups in total. The Morgan fingerprint density at radius 1 is 1.31 bits per heavy atom. The molecule has 1 unspecified atom stereocenters. The van der Waals surface area contributed by atoms with Gasteiger partial charge in [-0.05, 0) is 20.4 Å². The fourth-order valence-corrected chi connectivity index (χ4v) is 2.08. The molecule has 1 aromatic rings. The third-order valence-corrected chi connectivity index (χ3v) is 3.09. The highest BCUT2D eigenvalue weighted by molar-refractivity contribution is 4.99. The summed E-state index contributed by atoms with van der Waals surface area (Å²) < 4.78 is 2.22. The fraction of sp³-hybridized carbons (Fsp3) is 0.769. The van der Waals surface area contributed by atoms with Crippen LogP contribution in [0.3, 0.4) is 0 Å². The van der Waals surface area contributed by atoms with Crippen LogP contribution in [0.1, 0.15) is 57.8 Å². The Kier molecular flexibility index (Phi) is 6.16. The molecular formula is C13H25N3. The Hall–Kier alpha value is -0.830. The van der Waals surface area contributed by atoms with Gasteiger partial charge in [-0.1, -0.05) is 32.6 Å². The number of unbranched alkanes of at least 4 members (excludes halogenated alkanes) is 3. The number of hydrogen-bond donors (Lipinski definition) is 1. The van der Waals surface area contributed by atoms with Crippen LogP contribution < -0.4 is 5.32 Å². The van der Waals surface area contributed by atoms with Gasteiger partial charge >= 0.3 is 0 Å². The molecule has 16 heavy (non-hydrogen) atoms. The van der Waals surface area contributed by atoms with E-state index in [1.165, 1.54) is 37.9 Å². The molecular weight excluding hydrogens is 198 g/mol. The average molecular weight is 223 g/mol. The molecule has 3 heteroatoms. The van der Waals surface area contributed by atoms with Crippen molar-refractivity contribution in [3.8, 4) is 0 Å². The Bertz CT molecular complexity index is 280. The summed E-state index contributed by atoms with van der Waals surface area (Å²) in [7, 11) is 2.03. The molecule has 0 aliphatic carbocycles. The van der Waals surface area contributed by atoms with E-state index in [0.29, 0.717) is 6.04 Å². The van der Waals surface area contributed by atoms with Crippen molar-refractivity contribution in [1.29, 1.82) is 0 Å². The topological polar surface area (TPSA) is 29.9 Å². The first-order chi connectivity index (χ1) is 7.83. The van der Waals surface area contributed by atoms with Gasteiger partial charge in [-0.25, -0.2) is 4.98 Å². The highest BCUT2D eigenvalue weighted by Crippen LogP contribution is 2.18. The van der Waals surface area contributed by atoms with Crippen LogP contribution in [0.15, 0.2) is 12.4 Å². The molecule has 0 fully saturated rings. The lowest BCUT2D eigenvalue weighted by molar-refractivity contribution is 0.466. The second kappa shape index (κ2) is 7.44. The largest absolute Gasteiger partial charge is 0.334 e. The lowest BCUT2D eigenvalue weighted by Gasteiger charge is -2.16. The minimum Gasteiger partial charge on any atom is -0.334 e. The predicted octanol–water partition coefficient (Wildman–Crippen LogP) is 3.13. The third kappa shape index (κ3) is 3.63. The molecule has 1 aromatic heterocycles. The summed E-state index contributed by atoms with van der Waals surface area (Å²) in [4.78, 5) is 4.46.